The molecule has 304 valence electrons. The number of rotatable bonds is 4. The Morgan fingerprint density at radius 2 is 1.10 bits per heavy atom. The minimum Gasteiger partial charge on any atom is -0.311 e. The Morgan fingerprint density at radius 1 is 0.475 bits per heavy atom. The van der Waals surface area contributed by atoms with Gasteiger partial charge in [-0.25, -0.2) is 0 Å². The van der Waals surface area contributed by atoms with E-state index in [1.165, 1.54) is 125 Å². The third kappa shape index (κ3) is 6.21. The Bertz CT molecular complexity index is 2910. The molecule has 10 rings (SSSR count). The van der Waals surface area contributed by atoms with Gasteiger partial charge in [-0.3, -0.25) is 0 Å². The molecule has 2 aliphatic heterocycles. The maximum absolute atomic E-state index is 2.66. The number of aryl methyl sites for hydroxylation is 4. The van der Waals surface area contributed by atoms with Gasteiger partial charge in [-0.15, -0.1) is 0 Å². The van der Waals surface area contributed by atoms with Crippen LogP contribution < -0.4 is 26.2 Å². The minimum absolute atomic E-state index is 0.0263. The van der Waals surface area contributed by atoms with Gasteiger partial charge in [0, 0.05) is 34.0 Å². The fourth-order valence-corrected chi connectivity index (χ4v) is 10.9. The smallest absolute Gasteiger partial charge is 0.252 e. The summed E-state index contributed by atoms with van der Waals surface area (Å²) in [7, 11) is 0. The first-order valence-corrected chi connectivity index (χ1v) is 22.4. The zero-order chi connectivity index (χ0) is 42.7. The van der Waals surface area contributed by atoms with Gasteiger partial charge in [-0.05, 0) is 165 Å². The molecule has 0 amide bonds. The van der Waals surface area contributed by atoms with Gasteiger partial charge in [-0.1, -0.05) is 146 Å². The van der Waals surface area contributed by atoms with Crippen LogP contribution in [0.1, 0.15) is 100 Å². The molecule has 0 radical (unpaired) electrons. The van der Waals surface area contributed by atoms with Crippen molar-refractivity contribution in [2.75, 3.05) is 9.80 Å². The van der Waals surface area contributed by atoms with Crippen LogP contribution in [0.15, 0.2) is 133 Å². The molecule has 7 aromatic rings. The first-order valence-electron chi connectivity index (χ1n) is 22.4. The van der Waals surface area contributed by atoms with Crippen LogP contribution in [0, 0.1) is 27.7 Å². The third-order valence-electron chi connectivity index (χ3n) is 14.5. The Morgan fingerprint density at radius 3 is 1.79 bits per heavy atom. The molecule has 3 heteroatoms. The van der Waals surface area contributed by atoms with Crippen LogP contribution in [-0.2, 0) is 16.2 Å². The molecular formula is C58H59BN2. The SMILES string of the molecule is Cc1cc2c3c(c1)N(c1cccc(C)c1-c1ccccc1C)c1cc(C(C)(C)C)ccc1B3c1cc3c(cc1N2c1cc(-c2ccccc2)ccc1C)C(C)(C)CCC3(C)C. The zero-order valence-corrected chi connectivity index (χ0v) is 38.1. The predicted molar refractivity (Wildman–Crippen MR) is 264 cm³/mol. The Kier molecular flexibility index (Phi) is 8.94. The number of benzene rings is 7. The first-order chi connectivity index (χ1) is 29.0. The quantitative estimate of drug-likeness (QED) is 0.164. The fraction of sp³-hybridized carbons (Fsp3) is 0.276. The summed E-state index contributed by atoms with van der Waals surface area (Å²) in [5.41, 5.74) is 26.3. The van der Waals surface area contributed by atoms with Gasteiger partial charge in [0.1, 0.15) is 0 Å². The lowest BCUT2D eigenvalue weighted by molar-refractivity contribution is 0.332. The highest BCUT2D eigenvalue weighted by atomic mass is 15.2. The largest absolute Gasteiger partial charge is 0.311 e. The van der Waals surface area contributed by atoms with Crippen molar-refractivity contribution in [1.29, 1.82) is 0 Å². The second kappa shape index (κ2) is 13.9. The van der Waals surface area contributed by atoms with Crippen LogP contribution in [0.4, 0.5) is 34.1 Å². The van der Waals surface area contributed by atoms with E-state index in [0.29, 0.717) is 0 Å². The van der Waals surface area contributed by atoms with E-state index in [2.05, 4.69) is 219 Å². The van der Waals surface area contributed by atoms with Gasteiger partial charge in [0.15, 0.2) is 0 Å². The molecule has 7 aromatic carbocycles. The molecule has 0 aromatic heterocycles. The van der Waals surface area contributed by atoms with E-state index in [1.54, 1.807) is 0 Å². The molecule has 0 atom stereocenters. The molecule has 0 fully saturated rings. The van der Waals surface area contributed by atoms with Crippen LogP contribution in [0.5, 0.6) is 0 Å². The maximum atomic E-state index is 2.66. The zero-order valence-electron chi connectivity index (χ0n) is 38.1. The predicted octanol–water partition coefficient (Wildman–Crippen LogP) is 14.0. The van der Waals surface area contributed by atoms with E-state index in [0.717, 1.165) is 0 Å². The van der Waals surface area contributed by atoms with Crippen LogP contribution in [0.3, 0.4) is 0 Å². The van der Waals surface area contributed by atoms with Gasteiger partial charge in [-0.2, -0.15) is 0 Å². The molecule has 0 spiro atoms. The van der Waals surface area contributed by atoms with Crippen LogP contribution in [0.25, 0.3) is 22.3 Å². The Balaban J connectivity index is 1.35. The normalized spacial score (nSPS) is 15.8. The van der Waals surface area contributed by atoms with Gasteiger partial charge < -0.3 is 9.80 Å². The minimum atomic E-state index is -0.0263. The summed E-state index contributed by atoms with van der Waals surface area (Å²) < 4.78 is 0. The van der Waals surface area contributed by atoms with E-state index in [-0.39, 0.29) is 23.0 Å². The van der Waals surface area contributed by atoms with E-state index >= 15 is 0 Å². The molecule has 2 heterocycles. The number of anilines is 6. The molecule has 3 aliphatic rings. The second-order valence-corrected chi connectivity index (χ2v) is 20.7. The average molecular weight is 795 g/mol. The molecule has 0 bridgehead atoms. The van der Waals surface area contributed by atoms with Crippen molar-refractivity contribution in [2.24, 2.45) is 0 Å². The van der Waals surface area contributed by atoms with Gasteiger partial charge >= 0.3 is 0 Å². The second-order valence-electron chi connectivity index (χ2n) is 20.7. The van der Waals surface area contributed by atoms with Crippen molar-refractivity contribution in [3.63, 3.8) is 0 Å². The summed E-state index contributed by atoms with van der Waals surface area (Å²) in [6.07, 6.45) is 2.35. The molecule has 0 saturated carbocycles. The van der Waals surface area contributed by atoms with Gasteiger partial charge in [0.25, 0.3) is 6.71 Å². The van der Waals surface area contributed by atoms with Crippen molar-refractivity contribution in [3.05, 3.63) is 172 Å². The van der Waals surface area contributed by atoms with E-state index < -0.39 is 0 Å². The first kappa shape index (κ1) is 39.3. The van der Waals surface area contributed by atoms with E-state index in [9.17, 15) is 0 Å². The van der Waals surface area contributed by atoms with Crippen LogP contribution >= 0.6 is 0 Å². The molecule has 61 heavy (non-hydrogen) atoms. The van der Waals surface area contributed by atoms with Crippen molar-refractivity contribution < 1.29 is 0 Å². The number of hydrogen-bond donors (Lipinski definition) is 0. The number of nitrogens with zero attached hydrogens (tertiary/aromatic N) is 2. The topological polar surface area (TPSA) is 6.48 Å². The van der Waals surface area contributed by atoms with Crippen LogP contribution in [0.2, 0.25) is 0 Å². The van der Waals surface area contributed by atoms with Crippen molar-refractivity contribution >= 4 is 57.2 Å². The fourth-order valence-electron chi connectivity index (χ4n) is 10.9. The standard InChI is InChI=1S/C58H59BN2/c1-36-30-52-55-53(31-36)61(49-32-41(25-24-38(49)3)40-20-13-12-14-21-40)51-35-45-44(57(8,9)28-29-58(45,10)11)34-47(51)59(55)46-27-26-42(56(5,6)7)33-50(46)60(52)48-23-17-19-39(4)54(48)43-22-16-15-18-37(43)2/h12-27,30-35H,28-29H2,1-11H3. The summed E-state index contributed by atoms with van der Waals surface area (Å²) in [4.78, 5) is 5.30. The summed E-state index contributed by atoms with van der Waals surface area (Å²) in [6.45, 7) is 26.1. The summed E-state index contributed by atoms with van der Waals surface area (Å²) in [5.74, 6) is 0. The lowest BCUT2D eigenvalue weighted by Gasteiger charge is -2.48. The Hall–Kier alpha value is -5.80. The van der Waals surface area contributed by atoms with Gasteiger partial charge in [0.05, 0.1) is 5.69 Å². The lowest BCUT2D eigenvalue weighted by Crippen LogP contribution is -2.62. The molecule has 1 aliphatic carbocycles. The third-order valence-corrected chi connectivity index (χ3v) is 14.5. The molecular weight excluding hydrogens is 735 g/mol. The summed E-state index contributed by atoms with van der Waals surface area (Å²) >= 11 is 0. The van der Waals surface area contributed by atoms with Gasteiger partial charge in [0.2, 0.25) is 0 Å². The van der Waals surface area contributed by atoms with Crippen molar-refractivity contribution in [1.82, 2.24) is 0 Å². The number of fused-ring (bicyclic) bond motifs is 5. The van der Waals surface area contributed by atoms with E-state index in [1.807, 2.05) is 0 Å². The summed E-state index contributed by atoms with van der Waals surface area (Å²) in [6, 6.07) is 51.4. The highest BCUT2D eigenvalue weighted by Crippen LogP contribution is 2.52. The van der Waals surface area contributed by atoms with Crippen molar-refractivity contribution in [2.45, 2.75) is 105 Å². The van der Waals surface area contributed by atoms with Crippen molar-refractivity contribution in [3.8, 4) is 22.3 Å². The molecule has 2 nitrogen and oxygen atoms in total. The molecule has 0 unspecified atom stereocenters. The average Bonchev–Trinajstić information content (AvgIpc) is 3.22. The Labute approximate surface area is 365 Å². The van der Waals surface area contributed by atoms with Crippen LogP contribution in [-0.4, -0.2) is 6.71 Å². The molecule has 0 saturated heterocycles. The lowest BCUT2D eigenvalue weighted by atomic mass is 9.33. The highest BCUT2D eigenvalue weighted by molar-refractivity contribution is 7.00. The highest BCUT2D eigenvalue weighted by Gasteiger charge is 2.47. The number of hydrogen-bond acceptors (Lipinski definition) is 2. The maximum Gasteiger partial charge on any atom is 0.252 e. The van der Waals surface area contributed by atoms with E-state index in [4.69, 9.17) is 0 Å². The monoisotopic (exact) mass is 794 g/mol. The summed E-state index contributed by atoms with van der Waals surface area (Å²) in [5, 5.41) is 0. The molecule has 0 N–H and O–H groups in total.